The third kappa shape index (κ3) is 3.33. The molecule has 0 aliphatic carbocycles. The summed E-state index contributed by atoms with van der Waals surface area (Å²) in [6.07, 6.45) is 0.174. The number of benzene rings is 2. The maximum absolute atomic E-state index is 13.1. The lowest BCUT2D eigenvalue weighted by atomic mass is 10.1. The number of anilines is 2. The Hall–Kier alpha value is -2.93. The highest BCUT2D eigenvalue weighted by Gasteiger charge is 2.44. The number of para-hydroxylation sites is 2. The zero-order valence-electron chi connectivity index (χ0n) is 15.7. The third-order valence-electron chi connectivity index (χ3n) is 5.40. The fraction of sp³-hybridized carbons (Fsp3) is 0.333. The van der Waals surface area contributed by atoms with Crippen LogP contribution in [0.25, 0.3) is 0 Å². The number of imide groups is 1. The van der Waals surface area contributed by atoms with Crippen LogP contribution < -0.4 is 14.5 Å². The van der Waals surface area contributed by atoms with E-state index in [2.05, 4.69) is 9.80 Å². The van der Waals surface area contributed by atoms with Crippen molar-refractivity contribution in [2.75, 3.05) is 43.1 Å². The molecule has 2 heterocycles. The minimum Gasteiger partial charge on any atom is -0.495 e. The smallest absolute Gasteiger partial charge is 0.251 e. The summed E-state index contributed by atoms with van der Waals surface area (Å²) in [5.74, 6) is -0.162. The molecule has 28 heavy (non-hydrogen) atoms. The molecule has 0 unspecified atom stereocenters. The molecular weight excluding hydrogens is 361 g/mol. The Morgan fingerprint density at radius 1 is 0.964 bits per heavy atom. The van der Waals surface area contributed by atoms with Crippen molar-refractivity contribution in [3.63, 3.8) is 0 Å². The molecule has 2 aromatic carbocycles. The Bertz CT molecular complexity index is 879. The monoisotopic (exact) mass is 383 g/mol. The predicted molar refractivity (Wildman–Crippen MR) is 104 cm³/mol. The van der Waals surface area contributed by atoms with Gasteiger partial charge in [0.1, 0.15) is 11.6 Å². The first-order valence-electron chi connectivity index (χ1n) is 9.33. The van der Waals surface area contributed by atoms with Crippen molar-refractivity contribution < 1.29 is 18.7 Å². The van der Waals surface area contributed by atoms with Gasteiger partial charge in [0.05, 0.1) is 25.3 Å². The first kappa shape index (κ1) is 18.4. The molecular formula is C21H22FN3O3. The van der Waals surface area contributed by atoms with Gasteiger partial charge >= 0.3 is 0 Å². The lowest BCUT2D eigenvalue weighted by Crippen LogP contribution is -2.52. The van der Waals surface area contributed by atoms with Crippen molar-refractivity contribution in [2.45, 2.75) is 12.5 Å². The van der Waals surface area contributed by atoms with E-state index < -0.39 is 6.04 Å². The third-order valence-corrected chi connectivity index (χ3v) is 5.40. The van der Waals surface area contributed by atoms with Crippen molar-refractivity contribution in [1.29, 1.82) is 0 Å². The van der Waals surface area contributed by atoms with Gasteiger partial charge in [-0.2, -0.15) is 0 Å². The van der Waals surface area contributed by atoms with Gasteiger partial charge in [-0.25, -0.2) is 9.29 Å². The van der Waals surface area contributed by atoms with Crippen LogP contribution in [0.1, 0.15) is 6.42 Å². The Morgan fingerprint density at radius 3 is 2.32 bits per heavy atom. The SMILES string of the molecule is COc1ccccc1N1C(=O)C[C@H](N2CCN(c3ccc(F)cc3)CC2)C1=O. The highest BCUT2D eigenvalue weighted by molar-refractivity contribution is 6.23. The predicted octanol–water partition coefficient (Wildman–Crippen LogP) is 2.29. The van der Waals surface area contributed by atoms with Gasteiger partial charge in [0.2, 0.25) is 5.91 Å². The number of ether oxygens (including phenoxy) is 1. The van der Waals surface area contributed by atoms with Crippen LogP contribution in [-0.4, -0.2) is 56.0 Å². The molecule has 0 bridgehead atoms. The first-order valence-corrected chi connectivity index (χ1v) is 9.33. The topological polar surface area (TPSA) is 53.1 Å². The van der Waals surface area contributed by atoms with Crippen molar-refractivity contribution in [1.82, 2.24) is 4.90 Å². The summed E-state index contributed by atoms with van der Waals surface area (Å²) in [4.78, 5) is 31.1. The minimum absolute atomic E-state index is 0.174. The van der Waals surface area contributed by atoms with E-state index >= 15 is 0 Å². The number of rotatable bonds is 4. The van der Waals surface area contributed by atoms with Gasteiger partial charge in [0.25, 0.3) is 5.91 Å². The number of amides is 2. The van der Waals surface area contributed by atoms with E-state index in [0.29, 0.717) is 24.5 Å². The fourth-order valence-electron chi connectivity index (χ4n) is 3.91. The number of carbonyl (C=O) groups is 2. The first-order chi connectivity index (χ1) is 13.6. The number of hydrogen-bond acceptors (Lipinski definition) is 5. The largest absolute Gasteiger partial charge is 0.495 e. The summed E-state index contributed by atoms with van der Waals surface area (Å²) < 4.78 is 18.4. The van der Waals surface area contributed by atoms with Crippen LogP contribution >= 0.6 is 0 Å². The molecule has 0 saturated carbocycles. The zero-order valence-corrected chi connectivity index (χ0v) is 15.7. The van der Waals surface area contributed by atoms with Crippen LogP contribution in [0.15, 0.2) is 48.5 Å². The molecule has 2 aromatic rings. The number of nitrogens with zero attached hydrogens (tertiary/aromatic N) is 3. The Kier molecular flexibility index (Phi) is 5.00. The Labute approximate surface area is 163 Å². The summed E-state index contributed by atoms with van der Waals surface area (Å²) in [5.41, 5.74) is 1.46. The number of piperazine rings is 1. The van der Waals surface area contributed by atoms with Crippen molar-refractivity contribution >= 4 is 23.2 Å². The highest BCUT2D eigenvalue weighted by Crippen LogP contribution is 2.33. The minimum atomic E-state index is -0.451. The second-order valence-electron chi connectivity index (χ2n) is 6.96. The second-order valence-corrected chi connectivity index (χ2v) is 6.96. The van der Waals surface area contributed by atoms with Crippen LogP contribution in [0, 0.1) is 5.82 Å². The van der Waals surface area contributed by atoms with Gasteiger partial charge in [-0.1, -0.05) is 12.1 Å². The van der Waals surface area contributed by atoms with Gasteiger partial charge in [0, 0.05) is 31.9 Å². The molecule has 146 valence electrons. The molecule has 2 saturated heterocycles. The summed E-state index contributed by atoms with van der Waals surface area (Å²) in [6, 6.07) is 13.0. The quantitative estimate of drug-likeness (QED) is 0.759. The summed E-state index contributed by atoms with van der Waals surface area (Å²) in [5, 5.41) is 0. The lowest BCUT2D eigenvalue weighted by Gasteiger charge is -2.38. The molecule has 2 aliphatic rings. The maximum atomic E-state index is 13.1. The van der Waals surface area contributed by atoms with Gasteiger partial charge < -0.3 is 9.64 Å². The molecule has 0 aromatic heterocycles. The molecule has 0 N–H and O–H groups in total. The average Bonchev–Trinajstić information content (AvgIpc) is 3.02. The van der Waals surface area contributed by atoms with Crippen LogP contribution in [0.3, 0.4) is 0 Å². The molecule has 0 radical (unpaired) electrons. The van der Waals surface area contributed by atoms with Gasteiger partial charge in [-0.05, 0) is 36.4 Å². The molecule has 7 heteroatoms. The summed E-state index contributed by atoms with van der Waals surface area (Å²) >= 11 is 0. The number of carbonyl (C=O) groups excluding carboxylic acids is 2. The second kappa shape index (κ2) is 7.59. The zero-order chi connectivity index (χ0) is 19.7. The van der Waals surface area contributed by atoms with Crippen LogP contribution in [0.2, 0.25) is 0 Å². The van der Waals surface area contributed by atoms with Crippen LogP contribution in [0.4, 0.5) is 15.8 Å². The Morgan fingerprint density at radius 2 is 1.64 bits per heavy atom. The Balaban J connectivity index is 1.45. The van der Waals surface area contributed by atoms with E-state index in [4.69, 9.17) is 4.74 Å². The molecule has 2 fully saturated rings. The van der Waals surface area contributed by atoms with Crippen molar-refractivity contribution in [3.8, 4) is 5.75 Å². The van der Waals surface area contributed by atoms with E-state index in [1.165, 1.54) is 24.1 Å². The molecule has 1 atom stereocenters. The highest BCUT2D eigenvalue weighted by atomic mass is 19.1. The molecule has 0 spiro atoms. The van der Waals surface area contributed by atoms with E-state index in [-0.39, 0.29) is 24.1 Å². The summed E-state index contributed by atoms with van der Waals surface area (Å²) in [6.45, 7) is 2.78. The molecule has 2 aliphatic heterocycles. The lowest BCUT2D eigenvalue weighted by molar-refractivity contribution is -0.123. The fourth-order valence-corrected chi connectivity index (χ4v) is 3.91. The molecule has 4 rings (SSSR count). The number of hydrogen-bond donors (Lipinski definition) is 0. The number of halogens is 1. The van der Waals surface area contributed by atoms with E-state index in [0.717, 1.165) is 18.8 Å². The summed E-state index contributed by atoms with van der Waals surface area (Å²) in [7, 11) is 1.52. The van der Waals surface area contributed by atoms with E-state index in [9.17, 15) is 14.0 Å². The number of methoxy groups -OCH3 is 1. The molecule has 6 nitrogen and oxygen atoms in total. The molecule has 2 amide bonds. The van der Waals surface area contributed by atoms with E-state index in [1.807, 2.05) is 0 Å². The van der Waals surface area contributed by atoms with Gasteiger partial charge in [0.15, 0.2) is 0 Å². The standard InChI is InChI=1S/C21H22FN3O3/c1-28-19-5-3-2-4-17(19)25-20(26)14-18(21(25)27)24-12-10-23(11-13-24)16-8-6-15(22)7-9-16/h2-9,18H,10-14H2,1H3/t18-/m0/s1. The normalized spacial score (nSPS) is 20.7. The van der Waals surface area contributed by atoms with Gasteiger partial charge in [-0.3, -0.25) is 14.5 Å². The van der Waals surface area contributed by atoms with Crippen LogP contribution in [-0.2, 0) is 9.59 Å². The van der Waals surface area contributed by atoms with Crippen molar-refractivity contribution in [3.05, 3.63) is 54.3 Å². The van der Waals surface area contributed by atoms with Gasteiger partial charge in [-0.15, -0.1) is 0 Å². The van der Waals surface area contributed by atoms with E-state index in [1.54, 1.807) is 36.4 Å². The maximum Gasteiger partial charge on any atom is 0.251 e. The van der Waals surface area contributed by atoms with Crippen LogP contribution in [0.5, 0.6) is 5.75 Å². The average molecular weight is 383 g/mol. The van der Waals surface area contributed by atoms with Crippen molar-refractivity contribution in [2.24, 2.45) is 0 Å².